The molecule has 138 valence electrons. The van der Waals surface area contributed by atoms with Crippen molar-refractivity contribution >= 4 is 23.3 Å². The zero-order chi connectivity index (χ0) is 18.9. The van der Waals surface area contributed by atoms with Gasteiger partial charge in [-0.1, -0.05) is 35.9 Å². The number of nitrogens with zero attached hydrogens (tertiary/aromatic N) is 1. The Morgan fingerprint density at radius 2 is 1.41 bits per heavy atom. The fraction of sp³-hybridized carbons (Fsp3) is 0.182. The van der Waals surface area contributed by atoms with Crippen molar-refractivity contribution in [2.45, 2.75) is 25.8 Å². The molecule has 1 heterocycles. The molecule has 4 nitrogen and oxygen atoms in total. The number of carbonyl (C=O) groups excluding carboxylic acids is 1. The van der Waals surface area contributed by atoms with Gasteiger partial charge in [0.2, 0.25) is 0 Å². The number of rotatable bonds is 7. The number of hydrogen-bond acceptors (Lipinski definition) is 2. The van der Waals surface area contributed by atoms with Gasteiger partial charge in [0, 0.05) is 29.6 Å². The number of benzene rings is 2. The minimum Gasteiger partial charge on any atom is -0.334 e. The van der Waals surface area contributed by atoms with E-state index in [0.29, 0.717) is 11.6 Å². The number of urea groups is 1. The molecule has 2 amide bonds. The van der Waals surface area contributed by atoms with Crippen molar-refractivity contribution in [3.05, 3.63) is 94.8 Å². The Morgan fingerprint density at radius 3 is 2.07 bits per heavy atom. The normalized spacial score (nSPS) is 10.4. The Labute approximate surface area is 164 Å². The second-order valence-electron chi connectivity index (χ2n) is 6.34. The van der Waals surface area contributed by atoms with E-state index in [4.69, 9.17) is 11.6 Å². The molecule has 0 bridgehead atoms. The Hall–Kier alpha value is -2.85. The van der Waals surface area contributed by atoms with Crippen LogP contribution in [0.5, 0.6) is 0 Å². The van der Waals surface area contributed by atoms with Crippen LogP contribution in [0.3, 0.4) is 0 Å². The van der Waals surface area contributed by atoms with E-state index in [1.807, 2.05) is 48.8 Å². The monoisotopic (exact) mass is 379 g/mol. The Morgan fingerprint density at radius 1 is 0.815 bits per heavy atom. The first-order chi connectivity index (χ1) is 13.2. The van der Waals surface area contributed by atoms with Crippen molar-refractivity contribution in [2.75, 3.05) is 5.32 Å². The van der Waals surface area contributed by atoms with Gasteiger partial charge in [0.1, 0.15) is 0 Å². The van der Waals surface area contributed by atoms with Gasteiger partial charge in [0.15, 0.2) is 0 Å². The number of anilines is 1. The van der Waals surface area contributed by atoms with Gasteiger partial charge in [0.25, 0.3) is 0 Å². The van der Waals surface area contributed by atoms with E-state index in [1.54, 1.807) is 0 Å². The lowest BCUT2D eigenvalue weighted by molar-refractivity contribution is 0.251. The minimum atomic E-state index is -0.226. The van der Waals surface area contributed by atoms with Crippen LogP contribution in [0.15, 0.2) is 73.1 Å². The van der Waals surface area contributed by atoms with Crippen LogP contribution in [0.2, 0.25) is 5.02 Å². The minimum absolute atomic E-state index is 0.226. The number of amides is 2. The fourth-order valence-corrected chi connectivity index (χ4v) is 2.89. The van der Waals surface area contributed by atoms with Gasteiger partial charge < -0.3 is 10.6 Å². The summed E-state index contributed by atoms with van der Waals surface area (Å²) in [4.78, 5) is 16.0. The lowest BCUT2D eigenvalue weighted by atomic mass is 10.0. The van der Waals surface area contributed by atoms with E-state index < -0.39 is 0 Å². The lowest BCUT2D eigenvalue weighted by Crippen LogP contribution is -2.28. The highest BCUT2D eigenvalue weighted by Gasteiger charge is 2.02. The van der Waals surface area contributed by atoms with Crippen molar-refractivity contribution in [2.24, 2.45) is 0 Å². The first-order valence-electron chi connectivity index (χ1n) is 8.96. The van der Waals surface area contributed by atoms with Crippen LogP contribution in [0.25, 0.3) is 0 Å². The van der Waals surface area contributed by atoms with Crippen LogP contribution >= 0.6 is 11.6 Å². The maximum Gasteiger partial charge on any atom is 0.319 e. The molecule has 5 heteroatoms. The third-order valence-electron chi connectivity index (χ3n) is 4.26. The molecule has 0 saturated carbocycles. The molecule has 2 N–H and O–H groups in total. The summed E-state index contributed by atoms with van der Waals surface area (Å²) < 4.78 is 0. The fourth-order valence-electron chi connectivity index (χ4n) is 2.76. The van der Waals surface area contributed by atoms with E-state index in [2.05, 4.69) is 39.9 Å². The summed E-state index contributed by atoms with van der Waals surface area (Å²) in [5, 5.41) is 6.37. The van der Waals surface area contributed by atoms with Gasteiger partial charge in [-0.15, -0.1) is 0 Å². The van der Waals surface area contributed by atoms with E-state index in [9.17, 15) is 4.79 Å². The molecule has 0 unspecified atom stereocenters. The average Bonchev–Trinajstić information content (AvgIpc) is 2.70. The summed E-state index contributed by atoms with van der Waals surface area (Å²) in [5.41, 5.74) is 4.34. The standard InChI is InChI=1S/C22H22ClN3O/c23-20-8-4-19(5-9-20)16-25-22(27)26-21-10-6-17(7-11-21)2-1-3-18-12-14-24-15-13-18/h4-15H,1-3,16H2,(H2,25,26,27). The molecule has 0 aliphatic rings. The molecule has 0 radical (unpaired) electrons. The molecule has 3 aromatic rings. The Kier molecular flexibility index (Phi) is 6.83. The van der Waals surface area contributed by atoms with Gasteiger partial charge in [0.05, 0.1) is 0 Å². The van der Waals surface area contributed by atoms with Gasteiger partial charge in [-0.3, -0.25) is 4.98 Å². The number of aryl methyl sites for hydroxylation is 2. The smallest absolute Gasteiger partial charge is 0.319 e. The van der Waals surface area contributed by atoms with Crippen LogP contribution < -0.4 is 10.6 Å². The zero-order valence-corrected chi connectivity index (χ0v) is 15.7. The third-order valence-corrected chi connectivity index (χ3v) is 4.51. The van der Waals surface area contributed by atoms with Crippen molar-refractivity contribution in [3.63, 3.8) is 0 Å². The van der Waals surface area contributed by atoms with Crippen molar-refractivity contribution in [3.8, 4) is 0 Å². The summed E-state index contributed by atoms with van der Waals surface area (Å²) >= 11 is 5.86. The van der Waals surface area contributed by atoms with Crippen LogP contribution in [-0.4, -0.2) is 11.0 Å². The van der Waals surface area contributed by atoms with Crippen LogP contribution in [0.1, 0.15) is 23.1 Å². The lowest BCUT2D eigenvalue weighted by Gasteiger charge is -2.09. The molecule has 0 aliphatic heterocycles. The Bertz CT molecular complexity index is 849. The highest BCUT2D eigenvalue weighted by Crippen LogP contribution is 2.13. The van der Waals surface area contributed by atoms with Crippen LogP contribution in [-0.2, 0) is 19.4 Å². The van der Waals surface area contributed by atoms with Gasteiger partial charge >= 0.3 is 6.03 Å². The summed E-state index contributed by atoms with van der Waals surface area (Å²) in [6.07, 6.45) is 6.78. The second-order valence-corrected chi connectivity index (χ2v) is 6.78. The highest BCUT2D eigenvalue weighted by molar-refractivity contribution is 6.30. The van der Waals surface area contributed by atoms with Crippen molar-refractivity contribution < 1.29 is 4.79 Å². The maximum absolute atomic E-state index is 12.0. The van der Waals surface area contributed by atoms with E-state index in [0.717, 1.165) is 30.5 Å². The SMILES string of the molecule is O=C(NCc1ccc(Cl)cc1)Nc1ccc(CCCc2ccncc2)cc1. The van der Waals surface area contributed by atoms with E-state index >= 15 is 0 Å². The maximum atomic E-state index is 12.0. The van der Waals surface area contributed by atoms with Crippen LogP contribution in [0, 0.1) is 0 Å². The zero-order valence-electron chi connectivity index (χ0n) is 15.0. The summed E-state index contributed by atoms with van der Waals surface area (Å²) in [7, 11) is 0. The average molecular weight is 380 g/mol. The first kappa shape index (κ1) is 18.9. The van der Waals surface area contributed by atoms with Gasteiger partial charge in [-0.25, -0.2) is 4.79 Å². The highest BCUT2D eigenvalue weighted by atomic mass is 35.5. The number of hydrogen-bond donors (Lipinski definition) is 2. The molecular formula is C22H22ClN3O. The molecule has 1 aromatic heterocycles. The van der Waals surface area contributed by atoms with Crippen molar-refractivity contribution in [1.82, 2.24) is 10.3 Å². The molecule has 0 spiro atoms. The first-order valence-corrected chi connectivity index (χ1v) is 9.34. The second kappa shape index (κ2) is 9.74. The third kappa shape index (κ3) is 6.42. The summed E-state index contributed by atoms with van der Waals surface area (Å²) in [6.45, 7) is 0.454. The molecule has 27 heavy (non-hydrogen) atoms. The van der Waals surface area contributed by atoms with Gasteiger partial charge in [-0.05, 0) is 72.4 Å². The topological polar surface area (TPSA) is 54.0 Å². The molecule has 0 fully saturated rings. The molecule has 3 rings (SSSR count). The predicted octanol–water partition coefficient (Wildman–Crippen LogP) is 5.23. The number of pyridine rings is 1. The molecule has 0 saturated heterocycles. The number of halogens is 1. The molecule has 0 atom stereocenters. The van der Waals surface area contributed by atoms with E-state index in [1.165, 1.54) is 11.1 Å². The van der Waals surface area contributed by atoms with E-state index in [-0.39, 0.29) is 6.03 Å². The summed E-state index contributed by atoms with van der Waals surface area (Å²) in [5.74, 6) is 0. The predicted molar refractivity (Wildman–Crippen MR) is 110 cm³/mol. The molecule has 0 aliphatic carbocycles. The van der Waals surface area contributed by atoms with Crippen LogP contribution in [0.4, 0.5) is 10.5 Å². The quantitative estimate of drug-likeness (QED) is 0.590. The Balaban J connectivity index is 1.41. The molecule has 2 aromatic carbocycles. The summed E-state index contributed by atoms with van der Waals surface area (Å²) in [6, 6.07) is 19.3. The van der Waals surface area contributed by atoms with Crippen molar-refractivity contribution in [1.29, 1.82) is 0 Å². The molecular weight excluding hydrogens is 358 g/mol. The number of carbonyl (C=O) groups is 1. The number of aromatic nitrogens is 1. The van der Waals surface area contributed by atoms with Gasteiger partial charge in [-0.2, -0.15) is 0 Å². The largest absolute Gasteiger partial charge is 0.334 e. The number of nitrogens with one attached hydrogen (secondary N) is 2.